The Bertz CT molecular complexity index is 421. The zero-order valence-corrected chi connectivity index (χ0v) is 7.57. The summed E-state index contributed by atoms with van der Waals surface area (Å²) >= 11 is 0. The first-order chi connectivity index (χ1) is 6.85. The summed E-state index contributed by atoms with van der Waals surface area (Å²) in [5.41, 5.74) is 3.97. The van der Waals surface area contributed by atoms with Crippen LogP contribution < -0.4 is 5.48 Å². The molecule has 0 bridgehead atoms. The van der Waals surface area contributed by atoms with E-state index < -0.39 is 6.04 Å². The normalized spacial score (nSPS) is 13.3. The molecule has 74 valence electrons. The molecule has 0 aliphatic rings. The molecule has 0 aliphatic carbocycles. The Balaban J connectivity index is 2.42. The third kappa shape index (κ3) is 1.50. The van der Waals surface area contributed by atoms with Crippen molar-refractivity contribution in [3.63, 3.8) is 0 Å². The number of benzene rings is 1. The minimum absolute atomic E-state index is 0.133. The molecule has 1 atom stereocenters. The van der Waals surface area contributed by atoms with E-state index in [-0.39, 0.29) is 6.61 Å². The number of hydrogen-bond donors (Lipinski definition) is 4. The smallest absolute Gasteiger partial charge is 0.0800 e. The van der Waals surface area contributed by atoms with Gasteiger partial charge in [-0.25, -0.2) is 0 Å². The summed E-state index contributed by atoms with van der Waals surface area (Å²) in [4.78, 5) is 3.08. The van der Waals surface area contributed by atoms with Crippen molar-refractivity contribution < 1.29 is 10.3 Å². The topological polar surface area (TPSA) is 68.3 Å². The van der Waals surface area contributed by atoms with Crippen LogP contribution in [0.1, 0.15) is 11.6 Å². The average Bonchev–Trinajstić information content (AvgIpc) is 2.66. The number of nitrogens with one attached hydrogen (secondary N) is 2. The molecule has 0 aliphatic heterocycles. The van der Waals surface area contributed by atoms with Crippen LogP contribution in [0.2, 0.25) is 0 Å². The van der Waals surface area contributed by atoms with Crippen LogP contribution in [-0.4, -0.2) is 21.9 Å². The second-order valence-electron chi connectivity index (χ2n) is 3.19. The van der Waals surface area contributed by atoms with Gasteiger partial charge < -0.3 is 15.3 Å². The van der Waals surface area contributed by atoms with Crippen molar-refractivity contribution in [1.29, 1.82) is 0 Å². The molecule has 0 amide bonds. The predicted molar refractivity (Wildman–Crippen MR) is 53.0 cm³/mol. The first-order valence-corrected chi connectivity index (χ1v) is 4.42. The molecule has 1 unspecified atom stereocenters. The fourth-order valence-corrected chi connectivity index (χ4v) is 1.51. The number of hydroxylamine groups is 1. The lowest BCUT2D eigenvalue weighted by molar-refractivity contribution is 0.0906. The Morgan fingerprint density at radius 2 is 2.21 bits per heavy atom. The molecule has 1 aromatic carbocycles. The molecular formula is C10H12N2O2. The van der Waals surface area contributed by atoms with Crippen LogP contribution in [0.25, 0.3) is 10.9 Å². The minimum Gasteiger partial charge on any atom is -0.394 e. The molecule has 4 nitrogen and oxygen atoms in total. The SMILES string of the molecule is OCC(NO)c1ccc2[nH]ccc2c1. The number of rotatable bonds is 3. The van der Waals surface area contributed by atoms with Gasteiger partial charge in [-0.3, -0.25) is 0 Å². The summed E-state index contributed by atoms with van der Waals surface area (Å²) < 4.78 is 0. The number of aliphatic hydroxyl groups excluding tert-OH is 1. The molecule has 4 heteroatoms. The maximum atomic E-state index is 8.97. The lowest BCUT2D eigenvalue weighted by Gasteiger charge is -2.11. The number of hydrogen-bond acceptors (Lipinski definition) is 3. The van der Waals surface area contributed by atoms with E-state index in [0.29, 0.717) is 0 Å². The summed E-state index contributed by atoms with van der Waals surface area (Å²) in [6.07, 6.45) is 1.86. The molecule has 0 radical (unpaired) electrons. The van der Waals surface area contributed by atoms with Gasteiger partial charge >= 0.3 is 0 Å². The Hall–Kier alpha value is -1.36. The van der Waals surface area contributed by atoms with Crippen LogP contribution in [0.3, 0.4) is 0 Å². The summed E-state index contributed by atoms with van der Waals surface area (Å²) in [5.74, 6) is 0. The van der Waals surface area contributed by atoms with Gasteiger partial charge in [0.05, 0.1) is 12.6 Å². The second kappa shape index (κ2) is 3.79. The standard InChI is InChI=1S/C10H12N2O2/c13-6-10(12-14)7-1-2-9-8(5-7)3-4-11-9/h1-5,10-14H,6H2. The van der Waals surface area contributed by atoms with E-state index in [1.165, 1.54) is 0 Å². The van der Waals surface area contributed by atoms with Gasteiger partial charge in [0, 0.05) is 11.7 Å². The van der Waals surface area contributed by atoms with Crippen LogP contribution in [0.4, 0.5) is 0 Å². The Morgan fingerprint density at radius 1 is 1.36 bits per heavy atom. The van der Waals surface area contributed by atoms with Crippen molar-refractivity contribution >= 4 is 10.9 Å². The van der Waals surface area contributed by atoms with Gasteiger partial charge in [-0.05, 0) is 29.1 Å². The highest BCUT2D eigenvalue weighted by Gasteiger charge is 2.08. The molecule has 0 saturated heterocycles. The number of aromatic amines is 1. The van der Waals surface area contributed by atoms with Crippen molar-refractivity contribution in [2.75, 3.05) is 6.61 Å². The molecule has 14 heavy (non-hydrogen) atoms. The number of H-pyrrole nitrogens is 1. The van der Waals surface area contributed by atoms with Crippen LogP contribution in [0, 0.1) is 0 Å². The molecule has 4 N–H and O–H groups in total. The summed E-state index contributed by atoms with van der Waals surface area (Å²) in [6, 6.07) is 7.24. The van der Waals surface area contributed by atoms with Crippen molar-refractivity contribution in [2.24, 2.45) is 0 Å². The molecule has 0 saturated carbocycles. The monoisotopic (exact) mass is 192 g/mol. The van der Waals surface area contributed by atoms with E-state index in [1.54, 1.807) is 0 Å². The lowest BCUT2D eigenvalue weighted by atomic mass is 10.1. The molecular weight excluding hydrogens is 180 g/mol. The minimum atomic E-state index is -0.422. The van der Waals surface area contributed by atoms with Crippen molar-refractivity contribution in [3.05, 3.63) is 36.0 Å². The average molecular weight is 192 g/mol. The largest absolute Gasteiger partial charge is 0.394 e. The van der Waals surface area contributed by atoms with Gasteiger partial charge in [-0.15, -0.1) is 0 Å². The summed E-state index contributed by atoms with van der Waals surface area (Å²) in [6.45, 7) is -0.133. The van der Waals surface area contributed by atoms with E-state index >= 15 is 0 Å². The number of aromatic nitrogens is 1. The first-order valence-electron chi connectivity index (χ1n) is 4.42. The van der Waals surface area contributed by atoms with E-state index in [1.807, 2.05) is 30.5 Å². The first kappa shape index (κ1) is 9.21. The molecule has 2 aromatic rings. The molecule has 0 spiro atoms. The Kier molecular flexibility index (Phi) is 2.49. The highest BCUT2D eigenvalue weighted by molar-refractivity contribution is 5.80. The van der Waals surface area contributed by atoms with E-state index in [2.05, 4.69) is 10.5 Å². The third-order valence-electron chi connectivity index (χ3n) is 2.32. The van der Waals surface area contributed by atoms with Gasteiger partial charge in [0.25, 0.3) is 0 Å². The number of aliphatic hydroxyl groups is 1. The van der Waals surface area contributed by atoms with Crippen molar-refractivity contribution in [1.82, 2.24) is 10.5 Å². The quantitative estimate of drug-likeness (QED) is 0.552. The van der Waals surface area contributed by atoms with Crippen molar-refractivity contribution in [3.8, 4) is 0 Å². The summed E-state index contributed by atoms with van der Waals surface area (Å²) in [5, 5.41) is 18.8. The van der Waals surface area contributed by atoms with Crippen LogP contribution in [0.5, 0.6) is 0 Å². The van der Waals surface area contributed by atoms with Gasteiger partial charge in [-0.2, -0.15) is 5.48 Å². The van der Waals surface area contributed by atoms with Crippen LogP contribution in [0.15, 0.2) is 30.5 Å². The molecule has 1 heterocycles. The second-order valence-corrected chi connectivity index (χ2v) is 3.19. The summed E-state index contributed by atoms with van der Waals surface area (Å²) in [7, 11) is 0. The molecule has 0 fully saturated rings. The van der Waals surface area contributed by atoms with Gasteiger partial charge in [0.1, 0.15) is 0 Å². The number of fused-ring (bicyclic) bond motifs is 1. The Morgan fingerprint density at radius 3 is 2.93 bits per heavy atom. The van der Waals surface area contributed by atoms with E-state index in [9.17, 15) is 0 Å². The highest BCUT2D eigenvalue weighted by Crippen LogP contribution is 2.18. The Labute approximate surface area is 81.1 Å². The van der Waals surface area contributed by atoms with Gasteiger partial charge in [0.2, 0.25) is 0 Å². The molecule has 2 rings (SSSR count). The van der Waals surface area contributed by atoms with Gasteiger partial charge in [0.15, 0.2) is 0 Å². The van der Waals surface area contributed by atoms with Crippen LogP contribution in [-0.2, 0) is 0 Å². The highest BCUT2D eigenvalue weighted by atomic mass is 16.5. The fourth-order valence-electron chi connectivity index (χ4n) is 1.51. The van der Waals surface area contributed by atoms with E-state index in [4.69, 9.17) is 10.3 Å². The maximum Gasteiger partial charge on any atom is 0.0800 e. The molecule has 1 aromatic heterocycles. The lowest BCUT2D eigenvalue weighted by Crippen LogP contribution is -2.20. The van der Waals surface area contributed by atoms with Crippen molar-refractivity contribution in [2.45, 2.75) is 6.04 Å². The zero-order chi connectivity index (χ0) is 9.97. The predicted octanol–water partition coefficient (Wildman–Crippen LogP) is 1.18. The van der Waals surface area contributed by atoms with Gasteiger partial charge in [-0.1, -0.05) is 6.07 Å². The van der Waals surface area contributed by atoms with E-state index in [0.717, 1.165) is 16.5 Å². The maximum absolute atomic E-state index is 8.97. The zero-order valence-electron chi connectivity index (χ0n) is 7.57. The fraction of sp³-hybridized carbons (Fsp3) is 0.200. The third-order valence-corrected chi connectivity index (χ3v) is 2.32. The van der Waals surface area contributed by atoms with Crippen LogP contribution >= 0.6 is 0 Å².